The zero-order valence-corrected chi connectivity index (χ0v) is 7.66. The molecule has 3 rings (SSSR count). The smallest absolute Gasteiger partial charge is 0.142 e. The Morgan fingerprint density at radius 1 is 1.21 bits per heavy atom. The standard InChI is InChI=1S/C12H9NO/c14-8-5-6-10-9-3-1-2-4-11(9)13-12(10)7-8/h1-4,6H,5,7H2. The molecule has 0 atom stereocenters. The summed E-state index contributed by atoms with van der Waals surface area (Å²) in [6.45, 7) is 0. The Balaban J connectivity index is 2.20. The van der Waals surface area contributed by atoms with Gasteiger partial charge in [-0.25, -0.2) is 0 Å². The molecule has 1 aliphatic carbocycles. The van der Waals surface area contributed by atoms with E-state index in [1.165, 1.54) is 11.1 Å². The van der Waals surface area contributed by atoms with Gasteiger partial charge in [-0.15, -0.1) is 0 Å². The van der Waals surface area contributed by atoms with Crippen LogP contribution in [0.3, 0.4) is 0 Å². The number of nitrogens with zero attached hydrogens (tertiary/aromatic N) is 1. The zero-order valence-electron chi connectivity index (χ0n) is 7.66. The highest BCUT2D eigenvalue weighted by Gasteiger charge is 2.24. The van der Waals surface area contributed by atoms with Crippen molar-refractivity contribution in [2.45, 2.75) is 12.8 Å². The average molecular weight is 183 g/mol. The first-order valence-electron chi connectivity index (χ1n) is 4.74. The second kappa shape index (κ2) is 2.64. The second-order valence-electron chi connectivity index (χ2n) is 3.61. The van der Waals surface area contributed by atoms with E-state index in [-0.39, 0.29) is 5.78 Å². The molecule has 2 aliphatic rings. The number of benzene rings is 1. The Morgan fingerprint density at radius 2 is 2.07 bits per heavy atom. The van der Waals surface area contributed by atoms with Gasteiger partial charge >= 0.3 is 0 Å². The van der Waals surface area contributed by atoms with Gasteiger partial charge in [-0.3, -0.25) is 9.79 Å². The highest BCUT2D eigenvalue weighted by Crippen LogP contribution is 2.37. The molecule has 0 amide bonds. The minimum atomic E-state index is 0.264. The largest absolute Gasteiger partial charge is 0.299 e. The quantitative estimate of drug-likeness (QED) is 0.607. The number of para-hydroxylation sites is 1. The number of aliphatic imine (C=N–C) groups is 1. The summed E-state index contributed by atoms with van der Waals surface area (Å²) in [6.07, 6.45) is 3.06. The lowest BCUT2D eigenvalue weighted by molar-refractivity contribution is -0.117. The molecule has 0 aromatic heterocycles. The van der Waals surface area contributed by atoms with Crippen molar-refractivity contribution >= 4 is 22.8 Å². The van der Waals surface area contributed by atoms with Crippen molar-refractivity contribution in [1.29, 1.82) is 0 Å². The van der Waals surface area contributed by atoms with Crippen LogP contribution in [0.1, 0.15) is 18.4 Å². The fourth-order valence-electron chi connectivity index (χ4n) is 2.00. The summed E-state index contributed by atoms with van der Waals surface area (Å²) in [5.41, 5.74) is 4.29. The lowest BCUT2D eigenvalue weighted by Crippen LogP contribution is -2.11. The van der Waals surface area contributed by atoms with Crippen molar-refractivity contribution in [2.75, 3.05) is 0 Å². The molecular weight excluding hydrogens is 174 g/mol. The maximum absolute atomic E-state index is 11.2. The lowest BCUT2D eigenvalue weighted by Gasteiger charge is -2.08. The summed E-state index contributed by atoms with van der Waals surface area (Å²) in [5.74, 6) is 0.264. The van der Waals surface area contributed by atoms with Crippen molar-refractivity contribution < 1.29 is 4.79 Å². The van der Waals surface area contributed by atoms with Gasteiger partial charge in [-0.2, -0.15) is 0 Å². The molecule has 0 N–H and O–H groups in total. The summed E-state index contributed by atoms with van der Waals surface area (Å²) >= 11 is 0. The van der Waals surface area contributed by atoms with Gasteiger partial charge in [0.05, 0.1) is 11.4 Å². The van der Waals surface area contributed by atoms with Gasteiger partial charge < -0.3 is 0 Å². The molecule has 2 nitrogen and oxygen atoms in total. The van der Waals surface area contributed by atoms with E-state index in [9.17, 15) is 4.79 Å². The van der Waals surface area contributed by atoms with E-state index in [0.29, 0.717) is 12.8 Å². The lowest BCUT2D eigenvalue weighted by atomic mass is 9.93. The summed E-state index contributed by atoms with van der Waals surface area (Å²) in [7, 11) is 0. The maximum Gasteiger partial charge on any atom is 0.142 e. The van der Waals surface area contributed by atoms with Crippen LogP contribution >= 0.6 is 0 Å². The van der Waals surface area contributed by atoms with Crippen molar-refractivity contribution in [3.63, 3.8) is 0 Å². The first kappa shape index (κ1) is 7.68. The first-order chi connectivity index (χ1) is 6.84. The van der Waals surface area contributed by atoms with Crippen LogP contribution in [-0.4, -0.2) is 11.5 Å². The molecule has 1 aromatic carbocycles. The third-order valence-corrected chi connectivity index (χ3v) is 2.66. The fraction of sp³-hybridized carbons (Fsp3) is 0.167. The molecule has 0 unspecified atom stereocenters. The van der Waals surface area contributed by atoms with E-state index in [4.69, 9.17) is 0 Å². The minimum absolute atomic E-state index is 0.264. The number of hydrogen-bond donors (Lipinski definition) is 0. The van der Waals surface area contributed by atoms with Crippen LogP contribution in [0.2, 0.25) is 0 Å². The molecule has 0 saturated carbocycles. The number of ketones is 1. The number of rotatable bonds is 0. The molecule has 0 fully saturated rings. The number of Topliss-reactive ketones (excluding diaryl/α,β-unsaturated/α-hetero) is 1. The normalized spacial score (nSPS) is 18.4. The van der Waals surface area contributed by atoms with E-state index in [2.05, 4.69) is 11.1 Å². The Hall–Kier alpha value is -1.70. The van der Waals surface area contributed by atoms with Crippen LogP contribution in [0.4, 0.5) is 5.69 Å². The molecule has 1 aliphatic heterocycles. The van der Waals surface area contributed by atoms with Gasteiger partial charge in [-0.05, 0) is 6.07 Å². The van der Waals surface area contributed by atoms with Gasteiger partial charge in [0.25, 0.3) is 0 Å². The average Bonchev–Trinajstić information content (AvgIpc) is 2.54. The van der Waals surface area contributed by atoms with Crippen molar-refractivity contribution in [2.24, 2.45) is 4.99 Å². The van der Waals surface area contributed by atoms with Crippen LogP contribution in [-0.2, 0) is 4.79 Å². The van der Waals surface area contributed by atoms with E-state index >= 15 is 0 Å². The van der Waals surface area contributed by atoms with Crippen molar-refractivity contribution in [3.05, 3.63) is 35.9 Å². The van der Waals surface area contributed by atoms with Gasteiger partial charge in [0.15, 0.2) is 0 Å². The van der Waals surface area contributed by atoms with Gasteiger partial charge in [0.2, 0.25) is 0 Å². The van der Waals surface area contributed by atoms with Crippen molar-refractivity contribution in [3.8, 4) is 0 Å². The van der Waals surface area contributed by atoms with Gasteiger partial charge in [0.1, 0.15) is 5.78 Å². The summed E-state index contributed by atoms with van der Waals surface area (Å²) < 4.78 is 0. The molecule has 14 heavy (non-hydrogen) atoms. The number of carbonyl (C=O) groups is 1. The van der Waals surface area contributed by atoms with E-state index in [1.54, 1.807) is 0 Å². The first-order valence-corrected chi connectivity index (χ1v) is 4.74. The van der Waals surface area contributed by atoms with Crippen LogP contribution in [0.15, 0.2) is 35.3 Å². The molecular formula is C12H9NO. The fourth-order valence-corrected chi connectivity index (χ4v) is 2.00. The summed E-state index contributed by atoms with van der Waals surface area (Å²) in [4.78, 5) is 15.7. The molecule has 0 radical (unpaired) electrons. The molecule has 2 heteroatoms. The number of allylic oxidation sites excluding steroid dienone is 2. The van der Waals surface area contributed by atoms with Crippen LogP contribution < -0.4 is 0 Å². The molecule has 68 valence electrons. The molecule has 1 aromatic rings. The Labute approximate surface area is 82.0 Å². The van der Waals surface area contributed by atoms with E-state index in [0.717, 1.165) is 11.4 Å². The van der Waals surface area contributed by atoms with Crippen LogP contribution in [0.25, 0.3) is 5.57 Å². The third-order valence-electron chi connectivity index (χ3n) is 2.66. The van der Waals surface area contributed by atoms with Gasteiger partial charge in [-0.1, -0.05) is 24.3 Å². The maximum atomic E-state index is 11.2. The predicted molar refractivity (Wildman–Crippen MR) is 55.8 cm³/mol. The zero-order chi connectivity index (χ0) is 9.54. The SMILES string of the molecule is O=C1CC=C2C(=Nc3ccccc32)C1. The second-order valence-corrected chi connectivity index (χ2v) is 3.61. The van der Waals surface area contributed by atoms with Crippen LogP contribution in [0.5, 0.6) is 0 Å². The highest BCUT2D eigenvalue weighted by molar-refractivity contribution is 6.34. The molecule has 0 spiro atoms. The topological polar surface area (TPSA) is 29.4 Å². The monoisotopic (exact) mass is 183 g/mol. The van der Waals surface area contributed by atoms with Crippen molar-refractivity contribution in [1.82, 2.24) is 0 Å². The van der Waals surface area contributed by atoms with E-state index in [1.807, 2.05) is 24.3 Å². The molecule has 1 heterocycles. The summed E-state index contributed by atoms with van der Waals surface area (Å²) in [6, 6.07) is 8.04. The highest BCUT2D eigenvalue weighted by atomic mass is 16.1. The summed E-state index contributed by atoms with van der Waals surface area (Å²) in [5, 5.41) is 0. The van der Waals surface area contributed by atoms with Crippen LogP contribution in [0, 0.1) is 0 Å². The molecule has 0 bridgehead atoms. The number of hydrogen-bond acceptors (Lipinski definition) is 2. The number of carbonyl (C=O) groups excluding carboxylic acids is 1. The Kier molecular flexibility index (Phi) is 1.45. The van der Waals surface area contributed by atoms with Gasteiger partial charge in [0, 0.05) is 24.0 Å². The Morgan fingerprint density at radius 3 is 3.00 bits per heavy atom. The molecule has 0 saturated heterocycles. The van der Waals surface area contributed by atoms with E-state index < -0.39 is 0 Å². The third kappa shape index (κ3) is 0.970. The number of fused-ring (bicyclic) bond motifs is 3. The minimum Gasteiger partial charge on any atom is -0.299 e. The Bertz CT molecular complexity index is 483. The predicted octanol–water partition coefficient (Wildman–Crippen LogP) is 2.52.